The summed E-state index contributed by atoms with van der Waals surface area (Å²) in [6, 6.07) is 12.2. The topological polar surface area (TPSA) is 55.8 Å². The van der Waals surface area contributed by atoms with Crippen molar-refractivity contribution in [1.82, 2.24) is 0 Å². The van der Waals surface area contributed by atoms with E-state index < -0.39 is 0 Å². The highest BCUT2D eigenvalue weighted by Gasteiger charge is 2.10. The fourth-order valence-corrected chi connectivity index (χ4v) is 2.38. The molecule has 0 aliphatic rings. The number of benzene rings is 2. The zero-order valence-electron chi connectivity index (χ0n) is 13.1. The number of alkyl halides is 1. The third-order valence-electron chi connectivity index (χ3n) is 3.25. The van der Waals surface area contributed by atoms with Crippen LogP contribution < -0.4 is 4.74 Å². The number of hydrogen-bond donors (Lipinski definition) is 1. The Labute approximate surface area is 140 Å². The molecule has 1 unspecified atom stereocenters. The van der Waals surface area contributed by atoms with E-state index in [9.17, 15) is 9.90 Å². The molecule has 2 rings (SSSR count). The minimum Gasteiger partial charge on any atom is -0.508 e. The molecule has 122 valence electrons. The van der Waals surface area contributed by atoms with E-state index in [1.54, 1.807) is 24.3 Å². The van der Waals surface area contributed by atoms with Gasteiger partial charge in [0.05, 0.1) is 13.5 Å². The van der Waals surface area contributed by atoms with E-state index >= 15 is 0 Å². The van der Waals surface area contributed by atoms with Crippen LogP contribution >= 0.6 is 11.6 Å². The minimum absolute atomic E-state index is 0.0789. The average Bonchev–Trinajstić information content (AvgIpc) is 2.49. The number of hydrogen-bond acceptors (Lipinski definition) is 4. The van der Waals surface area contributed by atoms with Gasteiger partial charge in [-0.15, -0.1) is 11.6 Å². The second-order valence-electron chi connectivity index (χ2n) is 5.28. The highest BCUT2D eigenvalue weighted by atomic mass is 35.5. The molecule has 4 nitrogen and oxygen atoms in total. The molecule has 0 fully saturated rings. The van der Waals surface area contributed by atoms with E-state index in [0.717, 1.165) is 11.1 Å². The highest BCUT2D eigenvalue weighted by Crippen LogP contribution is 2.30. The maximum absolute atomic E-state index is 11.4. The third kappa shape index (κ3) is 5.18. The predicted molar refractivity (Wildman–Crippen MR) is 89.4 cm³/mol. The van der Waals surface area contributed by atoms with Gasteiger partial charge in [-0.25, -0.2) is 0 Å². The van der Waals surface area contributed by atoms with Crippen LogP contribution in [0.15, 0.2) is 42.5 Å². The third-order valence-corrected chi connectivity index (χ3v) is 3.40. The molecule has 0 heterocycles. The minimum atomic E-state index is -0.302. The Morgan fingerprint density at radius 3 is 2.74 bits per heavy atom. The van der Waals surface area contributed by atoms with E-state index in [-0.39, 0.29) is 23.5 Å². The molecule has 2 aromatic rings. The van der Waals surface area contributed by atoms with Crippen molar-refractivity contribution in [3.63, 3.8) is 0 Å². The van der Waals surface area contributed by atoms with Gasteiger partial charge in [0.2, 0.25) is 0 Å². The fraction of sp³-hybridized carbons (Fsp3) is 0.278. The van der Waals surface area contributed by atoms with E-state index in [0.29, 0.717) is 17.9 Å². The van der Waals surface area contributed by atoms with Crippen molar-refractivity contribution in [2.45, 2.75) is 25.1 Å². The van der Waals surface area contributed by atoms with Crippen molar-refractivity contribution in [3.8, 4) is 17.2 Å². The van der Waals surface area contributed by atoms with Gasteiger partial charge in [0.1, 0.15) is 17.2 Å². The van der Waals surface area contributed by atoms with Crippen LogP contribution in [0.2, 0.25) is 0 Å². The lowest BCUT2D eigenvalue weighted by molar-refractivity contribution is -0.139. The number of carbonyl (C=O) groups is 1. The largest absolute Gasteiger partial charge is 0.508 e. The van der Waals surface area contributed by atoms with Gasteiger partial charge in [-0.1, -0.05) is 12.1 Å². The lowest BCUT2D eigenvalue weighted by Crippen LogP contribution is -2.04. The van der Waals surface area contributed by atoms with Gasteiger partial charge in [-0.05, 0) is 54.8 Å². The van der Waals surface area contributed by atoms with Crippen LogP contribution in [0.25, 0.3) is 0 Å². The first kappa shape index (κ1) is 17.2. The molecule has 23 heavy (non-hydrogen) atoms. The maximum atomic E-state index is 11.4. The van der Waals surface area contributed by atoms with Crippen molar-refractivity contribution in [1.29, 1.82) is 0 Å². The lowest BCUT2D eigenvalue weighted by atomic mass is 10.1. The second kappa shape index (κ2) is 7.88. The van der Waals surface area contributed by atoms with E-state index in [4.69, 9.17) is 16.3 Å². The smallest absolute Gasteiger partial charge is 0.309 e. The number of phenols is 1. The summed E-state index contributed by atoms with van der Waals surface area (Å²) < 4.78 is 10.6. The standard InChI is InChI=1S/C18H19ClO4/c1-12(19)8-14-11-15(20)6-7-17(14)23-16-5-3-4-13(9-16)10-18(21)22-2/h3-7,9,11-12,20H,8,10H2,1-2H3. The van der Waals surface area contributed by atoms with Crippen molar-refractivity contribution in [3.05, 3.63) is 53.6 Å². The molecule has 0 bridgehead atoms. The van der Waals surface area contributed by atoms with Gasteiger partial charge < -0.3 is 14.6 Å². The van der Waals surface area contributed by atoms with E-state index in [1.165, 1.54) is 7.11 Å². The molecular formula is C18H19ClO4. The first-order chi connectivity index (χ1) is 11.0. The lowest BCUT2D eigenvalue weighted by Gasteiger charge is -2.13. The summed E-state index contributed by atoms with van der Waals surface area (Å²) >= 11 is 6.05. The zero-order chi connectivity index (χ0) is 16.8. The number of phenolic OH excluding ortho intramolecular Hbond substituents is 1. The van der Waals surface area contributed by atoms with E-state index in [2.05, 4.69) is 4.74 Å². The molecule has 1 N–H and O–H groups in total. The van der Waals surface area contributed by atoms with Crippen molar-refractivity contribution in [2.75, 3.05) is 7.11 Å². The van der Waals surface area contributed by atoms with Crippen LogP contribution in [0.3, 0.4) is 0 Å². The Morgan fingerprint density at radius 2 is 2.04 bits per heavy atom. The summed E-state index contributed by atoms with van der Waals surface area (Å²) in [5.74, 6) is 1.11. The number of esters is 1. The van der Waals surface area contributed by atoms with Crippen molar-refractivity contribution >= 4 is 17.6 Å². The Bertz CT molecular complexity index is 682. The summed E-state index contributed by atoms with van der Waals surface area (Å²) in [6.45, 7) is 1.88. The number of ether oxygens (including phenoxy) is 2. The second-order valence-corrected chi connectivity index (χ2v) is 6.02. The molecule has 5 heteroatoms. The zero-order valence-corrected chi connectivity index (χ0v) is 13.8. The predicted octanol–water partition coefficient (Wildman–Crippen LogP) is 4.07. The average molecular weight is 335 g/mol. The summed E-state index contributed by atoms with van der Waals surface area (Å²) in [6.07, 6.45) is 0.766. The number of methoxy groups -OCH3 is 1. The maximum Gasteiger partial charge on any atom is 0.309 e. The van der Waals surface area contributed by atoms with Crippen LogP contribution in [0.5, 0.6) is 17.2 Å². The first-order valence-electron chi connectivity index (χ1n) is 7.27. The highest BCUT2D eigenvalue weighted by molar-refractivity contribution is 6.20. The number of carbonyl (C=O) groups excluding carboxylic acids is 1. The molecule has 0 aliphatic carbocycles. The van der Waals surface area contributed by atoms with Crippen LogP contribution in [-0.2, 0) is 22.4 Å². The molecule has 0 radical (unpaired) electrons. The van der Waals surface area contributed by atoms with Crippen LogP contribution in [0.1, 0.15) is 18.1 Å². The molecule has 0 spiro atoms. The summed E-state index contributed by atoms with van der Waals surface area (Å²) in [5, 5.41) is 9.56. The quantitative estimate of drug-likeness (QED) is 0.639. The van der Waals surface area contributed by atoms with Crippen LogP contribution in [-0.4, -0.2) is 23.6 Å². The monoisotopic (exact) mass is 334 g/mol. The number of rotatable bonds is 6. The fourth-order valence-electron chi connectivity index (χ4n) is 2.21. The van der Waals surface area contributed by atoms with Gasteiger partial charge in [-0.3, -0.25) is 4.79 Å². The van der Waals surface area contributed by atoms with Crippen LogP contribution in [0, 0.1) is 0 Å². The van der Waals surface area contributed by atoms with Gasteiger partial charge >= 0.3 is 5.97 Å². The summed E-state index contributed by atoms with van der Waals surface area (Å²) in [4.78, 5) is 11.4. The van der Waals surface area contributed by atoms with Crippen molar-refractivity contribution in [2.24, 2.45) is 0 Å². The summed E-state index contributed by atoms with van der Waals surface area (Å²) in [7, 11) is 1.36. The Morgan fingerprint density at radius 1 is 1.26 bits per heavy atom. The molecular weight excluding hydrogens is 316 g/mol. The van der Waals surface area contributed by atoms with E-state index in [1.807, 2.05) is 25.1 Å². The van der Waals surface area contributed by atoms with Crippen molar-refractivity contribution < 1.29 is 19.4 Å². The molecule has 0 amide bonds. The Balaban J connectivity index is 2.22. The molecule has 0 saturated heterocycles. The molecule has 2 aromatic carbocycles. The number of aromatic hydroxyl groups is 1. The van der Waals surface area contributed by atoms with Crippen LogP contribution in [0.4, 0.5) is 0 Å². The summed E-state index contributed by atoms with van der Waals surface area (Å²) in [5.41, 5.74) is 1.63. The molecule has 0 aromatic heterocycles. The van der Waals surface area contributed by atoms with Gasteiger partial charge in [-0.2, -0.15) is 0 Å². The van der Waals surface area contributed by atoms with Gasteiger partial charge in [0, 0.05) is 5.38 Å². The van der Waals surface area contributed by atoms with Gasteiger partial charge in [0.15, 0.2) is 0 Å². The number of halogens is 1. The molecule has 0 saturated carbocycles. The normalized spacial score (nSPS) is 11.8. The Kier molecular flexibility index (Phi) is 5.88. The first-order valence-corrected chi connectivity index (χ1v) is 7.71. The Hall–Kier alpha value is -2.20. The molecule has 0 aliphatic heterocycles. The molecule has 1 atom stereocenters. The SMILES string of the molecule is COC(=O)Cc1cccc(Oc2ccc(O)cc2CC(C)Cl)c1. The van der Waals surface area contributed by atoms with Gasteiger partial charge in [0.25, 0.3) is 0 Å².